The van der Waals surface area contributed by atoms with E-state index in [-0.39, 0.29) is 11.8 Å². The van der Waals surface area contributed by atoms with Gasteiger partial charge in [-0.15, -0.1) is 0 Å². The predicted molar refractivity (Wildman–Crippen MR) is 99.0 cm³/mol. The fourth-order valence-electron chi connectivity index (χ4n) is 3.25. The summed E-state index contributed by atoms with van der Waals surface area (Å²) < 4.78 is 14.3. The molecule has 130 valence electrons. The molecule has 2 amide bonds. The molecule has 1 atom stereocenters. The van der Waals surface area contributed by atoms with Crippen molar-refractivity contribution >= 4 is 23.2 Å². The van der Waals surface area contributed by atoms with E-state index in [1.165, 1.54) is 12.1 Å². The summed E-state index contributed by atoms with van der Waals surface area (Å²) in [6.07, 6.45) is 1.95. The Morgan fingerprint density at radius 3 is 2.68 bits per heavy atom. The highest BCUT2D eigenvalue weighted by Crippen LogP contribution is 2.40. The van der Waals surface area contributed by atoms with Crippen LogP contribution in [0.3, 0.4) is 0 Å². The first-order chi connectivity index (χ1) is 12.0. The van der Waals surface area contributed by atoms with Gasteiger partial charge in [0.1, 0.15) is 5.82 Å². The van der Waals surface area contributed by atoms with Gasteiger partial charge in [0, 0.05) is 23.7 Å². The molecule has 0 saturated heterocycles. The highest BCUT2D eigenvalue weighted by molar-refractivity contribution is 6.30. The van der Waals surface area contributed by atoms with Gasteiger partial charge in [0.15, 0.2) is 0 Å². The zero-order chi connectivity index (χ0) is 18.0. The van der Waals surface area contributed by atoms with E-state index >= 15 is 0 Å². The molecule has 25 heavy (non-hydrogen) atoms. The van der Waals surface area contributed by atoms with E-state index in [1.807, 2.05) is 50.3 Å². The Labute approximate surface area is 152 Å². The van der Waals surface area contributed by atoms with Crippen molar-refractivity contribution in [3.63, 3.8) is 0 Å². The third kappa shape index (κ3) is 3.27. The van der Waals surface area contributed by atoms with Crippen LogP contribution in [0, 0.1) is 5.82 Å². The van der Waals surface area contributed by atoms with Gasteiger partial charge < -0.3 is 10.2 Å². The molecule has 2 aromatic carbocycles. The van der Waals surface area contributed by atoms with Crippen LogP contribution in [0.5, 0.6) is 0 Å². The topological polar surface area (TPSA) is 32.3 Å². The molecule has 1 aliphatic heterocycles. The summed E-state index contributed by atoms with van der Waals surface area (Å²) in [4.78, 5) is 14.3. The fraction of sp³-hybridized carbons (Fsp3) is 0.250. The number of hydrogen-bond donors (Lipinski definition) is 1. The number of carbonyl (C=O) groups is 1. The number of carbonyl (C=O) groups excluding carboxylic acids is 1. The molecule has 0 aliphatic carbocycles. The number of nitrogens with one attached hydrogen (secondary N) is 1. The summed E-state index contributed by atoms with van der Waals surface area (Å²) in [6.45, 7) is 4.68. The van der Waals surface area contributed by atoms with Crippen LogP contribution < -0.4 is 5.32 Å². The van der Waals surface area contributed by atoms with Gasteiger partial charge in [-0.2, -0.15) is 0 Å². The molecule has 1 heterocycles. The van der Waals surface area contributed by atoms with Crippen molar-refractivity contribution in [1.29, 1.82) is 0 Å². The normalized spacial score (nSPS) is 19.7. The minimum atomic E-state index is -0.662. The Hall–Kier alpha value is -2.33. The second kappa shape index (κ2) is 6.89. The number of amides is 2. The van der Waals surface area contributed by atoms with E-state index in [2.05, 4.69) is 5.32 Å². The Balaban J connectivity index is 2.09. The molecule has 0 fully saturated rings. The minimum Gasteiger partial charge on any atom is -0.338 e. The molecule has 0 unspecified atom stereocenters. The van der Waals surface area contributed by atoms with Crippen LogP contribution in [-0.4, -0.2) is 24.0 Å². The molecule has 0 radical (unpaired) electrons. The molecule has 3 nitrogen and oxygen atoms in total. The third-order valence-electron chi connectivity index (χ3n) is 4.55. The van der Waals surface area contributed by atoms with Crippen LogP contribution in [0.15, 0.2) is 54.6 Å². The van der Waals surface area contributed by atoms with Crippen LogP contribution in [0.2, 0.25) is 5.02 Å². The van der Waals surface area contributed by atoms with Gasteiger partial charge in [0.05, 0.1) is 5.54 Å². The van der Waals surface area contributed by atoms with E-state index in [0.29, 0.717) is 23.7 Å². The Bertz CT molecular complexity index is 822. The number of nitrogens with zero attached hydrogens (tertiary/aromatic N) is 1. The Kier molecular flexibility index (Phi) is 4.82. The van der Waals surface area contributed by atoms with Crippen LogP contribution in [0.1, 0.15) is 25.0 Å². The van der Waals surface area contributed by atoms with Gasteiger partial charge in [0.2, 0.25) is 0 Å². The van der Waals surface area contributed by atoms with E-state index in [1.54, 1.807) is 11.0 Å². The molecule has 1 aliphatic rings. The number of urea groups is 1. The quantitative estimate of drug-likeness (QED) is 0.838. The summed E-state index contributed by atoms with van der Waals surface area (Å²) in [5.41, 5.74) is 1.49. The summed E-state index contributed by atoms with van der Waals surface area (Å²) >= 11 is 6.05. The molecule has 0 spiro atoms. The van der Waals surface area contributed by atoms with Crippen molar-refractivity contribution in [2.24, 2.45) is 0 Å². The second-order valence-corrected chi connectivity index (χ2v) is 6.67. The lowest BCUT2D eigenvalue weighted by molar-refractivity contribution is 0.169. The zero-order valence-corrected chi connectivity index (χ0v) is 15.0. The van der Waals surface area contributed by atoms with E-state index < -0.39 is 5.54 Å². The SMILES string of the molecule is CCNC(=O)N1CC(c2cc(Cl)ccc2F)=C[C@@]1(C)c1ccccc1. The van der Waals surface area contributed by atoms with Crippen LogP contribution >= 0.6 is 11.6 Å². The smallest absolute Gasteiger partial charge is 0.318 e. The molecular weight excluding hydrogens is 339 g/mol. The summed E-state index contributed by atoms with van der Waals surface area (Å²) in [5.74, 6) is -0.344. The Morgan fingerprint density at radius 1 is 1.28 bits per heavy atom. The fourth-order valence-corrected chi connectivity index (χ4v) is 3.42. The van der Waals surface area contributed by atoms with Crippen LogP contribution in [-0.2, 0) is 5.54 Å². The minimum absolute atomic E-state index is 0.178. The van der Waals surface area contributed by atoms with Crippen molar-refractivity contribution < 1.29 is 9.18 Å². The first-order valence-electron chi connectivity index (χ1n) is 8.24. The maximum absolute atomic E-state index is 14.3. The van der Waals surface area contributed by atoms with Crippen LogP contribution in [0.25, 0.3) is 5.57 Å². The predicted octanol–water partition coefficient (Wildman–Crippen LogP) is 4.82. The third-order valence-corrected chi connectivity index (χ3v) is 4.79. The number of halogens is 2. The second-order valence-electron chi connectivity index (χ2n) is 6.23. The highest BCUT2D eigenvalue weighted by atomic mass is 35.5. The van der Waals surface area contributed by atoms with Gasteiger partial charge in [-0.1, -0.05) is 41.9 Å². The van der Waals surface area contributed by atoms with Crippen molar-refractivity contribution in [3.05, 3.63) is 76.6 Å². The van der Waals surface area contributed by atoms with Gasteiger partial charge in [0.25, 0.3) is 0 Å². The Morgan fingerprint density at radius 2 is 2.00 bits per heavy atom. The monoisotopic (exact) mass is 358 g/mol. The summed E-state index contributed by atoms with van der Waals surface area (Å²) in [5, 5.41) is 3.31. The summed E-state index contributed by atoms with van der Waals surface area (Å²) in [6, 6.07) is 14.0. The first kappa shape index (κ1) is 17.5. The zero-order valence-electron chi connectivity index (χ0n) is 14.2. The van der Waals surface area contributed by atoms with Gasteiger partial charge in [-0.05, 0) is 49.3 Å². The average Bonchev–Trinajstić information content (AvgIpc) is 2.97. The van der Waals surface area contributed by atoms with Crippen molar-refractivity contribution in [2.45, 2.75) is 19.4 Å². The molecule has 0 aromatic heterocycles. The largest absolute Gasteiger partial charge is 0.338 e. The molecular formula is C20H20ClFN2O. The lowest BCUT2D eigenvalue weighted by Gasteiger charge is -2.35. The molecule has 0 saturated carbocycles. The van der Waals surface area contributed by atoms with Crippen LogP contribution in [0.4, 0.5) is 9.18 Å². The maximum atomic E-state index is 14.3. The van der Waals surface area contributed by atoms with Gasteiger partial charge in [-0.3, -0.25) is 0 Å². The standard InChI is InChI=1S/C20H20ClFN2O/c1-3-23-19(25)24-13-14(17-11-16(21)9-10-18(17)22)12-20(24,2)15-7-5-4-6-8-15/h4-12H,3,13H2,1-2H3,(H,23,25)/t20-/m0/s1. The van der Waals surface area contributed by atoms with E-state index in [4.69, 9.17) is 11.6 Å². The lowest BCUT2D eigenvalue weighted by Crippen LogP contribution is -2.48. The highest BCUT2D eigenvalue weighted by Gasteiger charge is 2.41. The van der Waals surface area contributed by atoms with Crippen molar-refractivity contribution in [3.8, 4) is 0 Å². The van der Waals surface area contributed by atoms with Gasteiger partial charge in [-0.25, -0.2) is 9.18 Å². The van der Waals surface area contributed by atoms with Crippen molar-refractivity contribution in [2.75, 3.05) is 13.1 Å². The van der Waals surface area contributed by atoms with E-state index in [0.717, 1.165) is 11.1 Å². The maximum Gasteiger partial charge on any atom is 0.318 e. The number of hydrogen-bond acceptors (Lipinski definition) is 1. The first-order valence-corrected chi connectivity index (χ1v) is 8.61. The van der Waals surface area contributed by atoms with Gasteiger partial charge >= 0.3 is 6.03 Å². The average molecular weight is 359 g/mol. The number of benzene rings is 2. The molecule has 0 bridgehead atoms. The van der Waals surface area contributed by atoms with Crippen molar-refractivity contribution in [1.82, 2.24) is 10.2 Å². The van der Waals surface area contributed by atoms with E-state index in [9.17, 15) is 9.18 Å². The molecule has 1 N–H and O–H groups in total. The molecule has 3 rings (SSSR count). The molecule has 5 heteroatoms. The molecule has 2 aromatic rings. The number of rotatable bonds is 3. The lowest BCUT2D eigenvalue weighted by atomic mass is 9.91. The summed E-state index contributed by atoms with van der Waals surface area (Å²) in [7, 11) is 0.